The SMILES string of the molecule is Cc1cc(-c2cnn(CC(C)C)c2)cc(CN)c1OCc1ccccc1. The van der Waals surface area contributed by atoms with Crippen LogP contribution in [0.2, 0.25) is 0 Å². The summed E-state index contributed by atoms with van der Waals surface area (Å²) >= 11 is 0. The fraction of sp³-hybridized carbons (Fsp3) is 0.318. The van der Waals surface area contributed by atoms with Gasteiger partial charge in [-0.2, -0.15) is 5.10 Å². The van der Waals surface area contributed by atoms with E-state index in [0.29, 0.717) is 19.1 Å². The smallest absolute Gasteiger partial charge is 0.127 e. The van der Waals surface area contributed by atoms with Gasteiger partial charge in [-0.15, -0.1) is 0 Å². The third kappa shape index (κ3) is 4.33. The highest BCUT2D eigenvalue weighted by Gasteiger charge is 2.12. The lowest BCUT2D eigenvalue weighted by atomic mass is 10.0. The highest BCUT2D eigenvalue weighted by Crippen LogP contribution is 2.31. The molecule has 1 aromatic heterocycles. The topological polar surface area (TPSA) is 53.1 Å². The minimum Gasteiger partial charge on any atom is -0.488 e. The van der Waals surface area contributed by atoms with Crippen LogP contribution in [0.4, 0.5) is 0 Å². The third-order valence-electron chi connectivity index (χ3n) is 4.32. The van der Waals surface area contributed by atoms with E-state index >= 15 is 0 Å². The Bertz CT molecular complexity index is 853. The van der Waals surface area contributed by atoms with Gasteiger partial charge in [-0.3, -0.25) is 4.68 Å². The van der Waals surface area contributed by atoms with E-state index in [0.717, 1.165) is 40.1 Å². The predicted molar refractivity (Wildman–Crippen MR) is 106 cm³/mol. The molecule has 0 bridgehead atoms. The van der Waals surface area contributed by atoms with Crippen molar-refractivity contribution in [1.29, 1.82) is 0 Å². The highest BCUT2D eigenvalue weighted by atomic mass is 16.5. The fourth-order valence-electron chi connectivity index (χ4n) is 3.09. The summed E-state index contributed by atoms with van der Waals surface area (Å²) < 4.78 is 8.09. The Labute approximate surface area is 155 Å². The second-order valence-corrected chi connectivity index (χ2v) is 7.10. The van der Waals surface area contributed by atoms with Crippen LogP contribution in [0.5, 0.6) is 5.75 Å². The summed E-state index contributed by atoms with van der Waals surface area (Å²) in [5, 5.41) is 4.47. The van der Waals surface area contributed by atoms with Crippen molar-refractivity contribution in [2.24, 2.45) is 11.7 Å². The molecule has 3 rings (SSSR count). The molecule has 4 heteroatoms. The number of rotatable bonds is 7. The summed E-state index contributed by atoms with van der Waals surface area (Å²) in [6, 6.07) is 14.4. The van der Waals surface area contributed by atoms with Gasteiger partial charge in [-0.05, 0) is 41.7 Å². The van der Waals surface area contributed by atoms with Crippen molar-refractivity contribution in [1.82, 2.24) is 9.78 Å². The van der Waals surface area contributed by atoms with Gasteiger partial charge in [0.25, 0.3) is 0 Å². The van der Waals surface area contributed by atoms with E-state index < -0.39 is 0 Å². The van der Waals surface area contributed by atoms with Gasteiger partial charge in [-0.25, -0.2) is 0 Å². The van der Waals surface area contributed by atoms with E-state index in [2.05, 4.69) is 56.3 Å². The van der Waals surface area contributed by atoms with Crippen molar-refractivity contribution >= 4 is 0 Å². The molecule has 0 saturated carbocycles. The maximum atomic E-state index is 6.09. The standard InChI is InChI=1S/C22H27N3O/c1-16(2)13-25-14-21(12-24-25)19-9-17(3)22(20(10-19)11-23)26-15-18-7-5-4-6-8-18/h4-10,12,14,16H,11,13,15,23H2,1-3H3. The zero-order valence-corrected chi connectivity index (χ0v) is 15.8. The van der Waals surface area contributed by atoms with Crippen LogP contribution in [0.25, 0.3) is 11.1 Å². The number of nitrogens with zero attached hydrogens (tertiary/aromatic N) is 2. The maximum Gasteiger partial charge on any atom is 0.127 e. The van der Waals surface area contributed by atoms with Crippen LogP contribution in [0.1, 0.15) is 30.5 Å². The molecule has 0 unspecified atom stereocenters. The van der Waals surface area contributed by atoms with Crippen LogP contribution in [0.3, 0.4) is 0 Å². The zero-order chi connectivity index (χ0) is 18.5. The van der Waals surface area contributed by atoms with Gasteiger partial charge in [0.2, 0.25) is 0 Å². The molecule has 3 aromatic rings. The van der Waals surface area contributed by atoms with E-state index in [1.807, 2.05) is 29.1 Å². The monoisotopic (exact) mass is 349 g/mol. The number of nitrogens with two attached hydrogens (primary N) is 1. The average molecular weight is 349 g/mol. The molecule has 0 fully saturated rings. The molecule has 0 radical (unpaired) electrons. The first kappa shape index (κ1) is 18.2. The minimum atomic E-state index is 0.443. The van der Waals surface area contributed by atoms with Crippen LogP contribution in [0.15, 0.2) is 54.9 Å². The summed E-state index contributed by atoms with van der Waals surface area (Å²) in [4.78, 5) is 0. The molecule has 136 valence electrons. The van der Waals surface area contributed by atoms with Gasteiger partial charge in [0, 0.05) is 30.4 Å². The number of aryl methyl sites for hydroxylation is 1. The Morgan fingerprint density at radius 2 is 1.88 bits per heavy atom. The summed E-state index contributed by atoms with van der Waals surface area (Å²) in [5.74, 6) is 1.45. The molecule has 0 aliphatic heterocycles. The van der Waals surface area contributed by atoms with Crippen LogP contribution in [-0.4, -0.2) is 9.78 Å². The first-order valence-corrected chi connectivity index (χ1v) is 9.10. The summed E-state index contributed by atoms with van der Waals surface area (Å²) in [7, 11) is 0. The Hall–Kier alpha value is -2.59. The lowest BCUT2D eigenvalue weighted by Crippen LogP contribution is -2.05. The van der Waals surface area contributed by atoms with Crippen molar-refractivity contribution in [3.63, 3.8) is 0 Å². The van der Waals surface area contributed by atoms with E-state index in [9.17, 15) is 0 Å². The Morgan fingerprint density at radius 1 is 1.12 bits per heavy atom. The van der Waals surface area contributed by atoms with Gasteiger partial charge in [-0.1, -0.05) is 44.2 Å². The van der Waals surface area contributed by atoms with E-state index in [4.69, 9.17) is 10.5 Å². The van der Waals surface area contributed by atoms with Gasteiger partial charge in [0.1, 0.15) is 12.4 Å². The van der Waals surface area contributed by atoms with E-state index in [1.165, 1.54) is 0 Å². The molecule has 1 heterocycles. The quantitative estimate of drug-likeness (QED) is 0.681. The summed E-state index contributed by atoms with van der Waals surface area (Å²) in [5.41, 5.74) is 11.5. The normalized spacial score (nSPS) is 11.1. The molecule has 4 nitrogen and oxygen atoms in total. The molecule has 2 aromatic carbocycles. The van der Waals surface area contributed by atoms with Crippen molar-refractivity contribution in [3.05, 3.63) is 71.5 Å². The molecule has 0 aliphatic carbocycles. The van der Waals surface area contributed by atoms with Crippen LogP contribution >= 0.6 is 0 Å². The number of ether oxygens (including phenoxy) is 1. The lowest BCUT2D eigenvalue weighted by molar-refractivity contribution is 0.301. The summed E-state index contributed by atoms with van der Waals surface area (Å²) in [6.45, 7) is 8.36. The van der Waals surface area contributed by atoms with Gasteiger partial charge in [0.15, 0.2) is 0 Å². The Morgan fingerprint density at radius 3 is 2.58 bits per heavy atom. The first-order chi connectivity index (χ1) is 12.6. The van der Waals surface area contributed by atoms with Crippen molar-refractivity contribution in [2.45, 2.75) is 40.5 Å². The summed E-state index contributed by atoms with van der Waals surface area (Å²) in [6.07, 6.45) is 4.02. The second-order valence-electron chi connectivity index (χ2n) is 7.10. The molecule has 0 saturated heterocycles. The molecule has 26 heavy (non-hydrogen) atoms. The Balaban J connectivity index is 1.83. The molecular weight excluding hydrogens is 322 g/mol. The minimum absolute atomic E-state index is 0.443. The van der Waals surface area contributed by atoms with Gasteiger partial charge < -0.3 is 10.5 Å². The van der Waals surface area contributed by atoms with E-state index in [-0.39, 0.29) is 0 Å². The fourth-order valence-corrected chi connectivity index (χ4v) is 3.09. The molecule has 2 N–H and O–H groups in total. The van der Waals surface area contributed by atoms with Gasteiger partial charge in [0.05, 0.1) is 6.20 Å². The number of benzene rings is 2. The molecule has 0 aliphatic rings. The number of hydrogen-bond acceptors (Lipinski definition) is 3. The van der Waals surface area contributed by atoms with Crippen molar-refractivity contribution in [2.75, 3.05) is 0 Å². The largest absolute Gasteiger partial charge is 0.488 e. The molecule has 0 atom stereocenters. The van der Waals surface area contributed by atoms with Crippen molar-refractivity contribution < 1.29 is 4.74 Å². The van der Waals surface area contributed by atoms with Gasteiger partial charge >= 0.3 is 0 Å². The zero-order valence-electron chi connectivity index (χ0n) is 15.8. The van der Waals surface area contributed by atoms with Crippen LogP contribution in [0, 0.1) is 12.8 Å². The Kier molecular flexibility index (Phi) is 5.74. The molecule has 0 amide bonds. The number of hydrogen-bond donors (Lipinski definition) is 1. The van der Waals surface area contributed by atoms with Crippen LogP contribution in [-0.2, 0) is 19.7 Å². The van der Waals surface area contributed by atoms with Crippen molar-refractivity contribution in [3.8, 4) is 16.9 Å². The second kappa shape index (κ2) is 8.19. The molecule has 0 spiro atoms. The van der Waals surface area contributed by atoms with E-state index in [1.54, 1.807) is 0 Å². The predicted octanol–water partition coefficient (Wildman–Crippen LogP) is 4.55. The average Bonchev–Trinajstić information content (AvgIpc) is 3.08. The highest BCUT2D eigenvalue weighted by molar-refractivity contribution is 5.66. The number of aromatic nitrogens is 2. The third-order valence-corrected chi connectivity index (χ3v) is 4.32. The maximum absolute atomic E-state index is 6.09. The van der Waals surface area contributed by atoms with Crippen LogP contribution < -0.4 is 10.5 Å². The lowest BCUT2D eigenvalue weighted by Gasteiger charge is -2.15. The molecular formula is C22H27N3O. The first-order valence-electron chi connectivity index (χ1n) is 9.10.